The maximum atomic E-state index is 2.28. The van der Waals surface area contributed by atoms with Gasteiger partial charge in [-0.3, -0.25) is 0 Å². The molecule has 0 unspecified atom stereocenters. The summed E-state index contributed by atoms with van der Waals surface area (Å²) in [5, 5.41) is 0.720. The van der Waals surface area contributed by atoms with Crippen LogP contribution in [0.2, 0.25) is 0 Å². The number of rotatable bonds is 5. The average Bonchev–Trinajstić information content (AvgIpc) is 2.15. The van der Waals surface area contributed by atoms with Gasteiger partial charge in [0.2, 0.25) is 0 Å². The van der Waals surface area contributed by atoms with Crippen LogP contribution >= 0.6 is 11.8 Å². The molecule has 0 saturated carbocycles. The van der Waals surface area contributed by atoms with Crippen molar-refractivity contribution >= 4 is 11.8 Å². The summed E-state index contributed by atoms with van der Waals surface area (Å²) in [5.74, 6) is 1.90. The van der Waals surface area contributed by atoms with Crippen LogP contribution < -0.4 is 0 Å². The van der Waals surface area contributed by atoms with Crippen molar-refractivity contribution < 1.29 is 0 Å². The highest BCUT2D eigenvalue weighted by Gasteiger charge is 2.05. The summed E-state index contributed by atoms with van der Waals surface area (Å²) < 4.78 is 0. The Balaban J connectivity index is 2.68. The smallest absolute Gasteiger partial charge is 0.0189 e. The van der Waals surface area contributed by atoms with Crippen molar-refractivity contribution in [2.24, 2.45) is 5.92 Å². The number of hydrogen-bond acceptors (Lipinski definition) is 1. The van der Waals surface area contributed by atoms with Gasteiger partial charge in [-0.2, -0.15) is 11.8 Å². The number of hydrogen-bond donors (Lipinski definition) is 0. The van der Waals surface area contributed by atoms with E-state index in [4.69, 9.17) is 0 Å². The van der Waals surface area contributed by atoms with Crippen molar-refractivity contribution in [1.82, 2.24) is 0 Å². The number of benzene rings is 1. The molecule has 0 spiro atoms. The van der Waals surface area contributed by atoms with Crippen LogP contribution in [0.3, 0.4) is 0 Å². The van der Waals surface area contributed by atoms with E-state index in [2.05, 4.69) is 52.0 Å². The standard InChI is InChI=1S/C14H22S/c1-11(2)9-13-7-5-6-8-14(13)10-15-12(3)4/h5-8,11-12H,9-10H2,1-4H3. The Kier molecular flexibility index (Phi) is 5.24. The molecule has 0 amide bonds. The highest BCUT2D eigenvalue weighted by atomic mass is 32.2. The van der Waals surface area contributed by atoms with E-state index in [0.29, 0.717) is 0 Å². The molecule has 0 aromatic heterocycles. The van der Waals surface area contributed by atoms with Gasteiger partial charge in [-0.1, -0.05) is 52.0 Å². The SMILES string of the molecule is CC(C)Cc1ccccc1CSC(C)C. The van der Waals surface area contributed by atoms with Crippen LogP contribution in [0.5, 0.6) is 0 Å². The van der Waals surface area contributed by atoms with Gasteiger partial charge in [-0.15, -0.1) is 0 Å². The molecule has 1 heteroatoms. The van der Waals surface area contributed by atoms with E-state index in [1.54, 1.807) is 0 Å². The third-order valence-corrected chi connectivity index (χ3v) is 3.46. The van der Waals surface area contributed by atoms with Gasteiger partial charge < -0.3 is 0 Å². The van der Waals surface area contributed by atoms with Crippen LogP contribution in [0.4, 0.5) is 0 Å². The first-order valence-electron chi connectivity index (χ1n) is 5.78. The minimum atomic E-state index is 0.720. The zero-order chi connectivity index (χ0) is 11.3. The minimum absolute atomic E-state index is 0.720. The largest absolute Gasteiger partial charge is 0.154 e. The molecule has 15 heavy (non-hydrogen) atoms. The molecule has 0 atom stereocenters. The maximum absolute atomic E-state index is 2.28. The Bertz CT molecular complexity index is 289. The zero-order valence-corrected chi connectivity index (χ0v) is 11.1. The molecule has 1 aromatic carbocycles. The summed E-state index contributed by atoms with van der Waals surface area (Å²) in [7, 11) is 0. The van der Waals surface area contributed by atoms with Crippen LogP contribution in [0.25, 0.3) is 0 Å². The molecule has 0 bridgehead atoms. The molecule has 0 saturated heterocycles. The van der Waals surface area contributed by atoms with Crippen molar-refractivity contribution in [2.45, 2.75) is 45.1 Å². The summed E-state index contributed by atoms with van der Waals surface area (Å²) in [5.41, 5.74) is 3.05. The highest BCUT2D eigenvalue weighted by molar-refractivity contribution is 7.99. The molecule has 84 valence electrons. The van der Waals surface area contributed by atoms with Gasteiger partial charge in [0, 0.05) is 5.75 Å². The van der Waals surface area contributed by atoms with Crippen LogP contribution in [0.1, 0.15) is 38.8 Å². The Hall–Kier alpha value is -0.430. The first-order chi connectivity index (χ1) is 7.09. The van der Waals surface area contributed by atoms with Gasteiger partial charge in [-0.25, -0.2) is 0 Å². The van der Waals surface area contributed by atoms with E-state index in [1.165, 1.54) is 17.5 Å². The topological polar surface area (TPSA) is 0 Å². The molecule has 0 heterocycles. The summed E-state index contributed by atoms with van der Waals surface area (Å²) in [6.45, 7) is 9.09. The Morgan fingerprint density at radius 2 is 1.60 bits per heavy atom. The van der Waals surface area contributed by atoms with Crippen molar-refractivity contribution in [3.8, 4) is 0 Å². The molecule has 0 aliphatic rings. The van der Waals surface area contributed by atoms with Crippen LogP contribution in [0, 0.1) is 5.92 Å². The van der Waals surface area contributed by atoms with Crippen LogP contribution in [-0.4, -0.2) is 5.25 Å². The molecule has 0 fully saturated rings. The van der Waals surface area contributed by atoms with Gasteiger partial charge in [0.25, 0.3) is 0 Å². The molecule has 0 N–H and O–H groups in total. The lowest BCUT2D eigenvalue weighted by Crippen LogP contribution is -1.99. The monoisotopic (exact) mass is 222 g/mol. The van der Waals surface area contributed by atoms with E-state index in [9.17, 15) is 0 Å². The molecule has 0 nitrogen and oxygen atoms in total. The number of thioether (sulfide) groups is 1. The Morgan fingerprint density at radius 3 is 2.13 bits per heavy atom. The Labute approximate surface area is 98.5 Å². The van der Waals surface area contributed by atoms with Crippen LogP contribution in [0.15, 0.2) is 24.3 Å². The van der Waals surface area contributed by atoms with E-state index in [-0.39, 0.29) is 0 Å². The van der Waals surface area contributed by atoms with E-state index in [1.807, 2.05) is 11.8 Å². The summed E-state index contributed by atoms with van der Waals surface area (Å²) in [4.78, 5) is 0. The molecule has 1 rings (SSSR count). The average molecular weight is 222 g/mol. The third-order valence-electron chi connectivity index (χ3n) is 2.32. The summed E-state index contributed by atoms with van der Waals surface area (Å²) in [6.07, 6.45) is 1.20. The second kappa shape index (κ2) is 6.22. The van der Waals surface area contributed by atoms with E-state index >= 15 is 0 Å². The highest BCUT2D eigenvalue weighted by Crippen LogP contribution is 2.21. The minimum Gasteiger partial charge on any atom is -0.154 e. The molecule has 0 aliphatic heterocycles. The summed E-state index contributed by atoms with van der Waals surface area (Å²) in [6, 6.07) is 8.85. The predicted molar refractivity (Wildman–Crippen MR) is 71.4 cm³/mol. The molecule has 1 aromatic rings. The predicted octanol–water partition coefficient (Wildman–Crippen LogP) is 4.53. The fourth-order valence-electron chi connectivity index (χ4n) is 1.59. The lowest BCUT2D eigenvalue weighted by molar-refractivity contribution is 0.644. The van der Waals surface area contributed by atoms with Crippen LogP contribution in [-0.2, 0) is 12.2 Å². The normalized spacial score (nSPS) is 11.3. The van der Waals surface area contributed by atoms with E-state index < -0.39 is 0 Å². The second-order valence-corrected chi connectivity index (χ2v) is 6.29. The van der Waals surface area contributed by atoms with Gasteiger partial charge >= 0.3 is 0 Å². The first-order valence-corrected chi connectivity index (χ1v) is 6.83. The zero-order valence-electron chi connectivity index (χ0n) is 10.3. The maximum Gasteiger partial charge on any atom is 0.0189 e. The lowest BCUT2D eigenvalue weighted by Gasteiger charge is -2.12. The third kappa shape index (κ3) is 4.74. The fourth-order valence-corrected chi connectivity index (χ4v) is 2.39. The quantitative estimate of drug-likeness (QED) is 0.705. The van der Waals surface area contributed by atoms with Gasteiger partial charge in [0.15, 0.2) is 0 Å². The molecular formula is C14H22S. The van der Waals surface area contributed by atoms with Crippen molar-refractivity contribution in [3.05, 3.63) is 35.4 Å². The van der Waals surface area contributed by atoms with Gasteiger partial charge in [0.05, 0.1) is 0 Å². The van der Waals surface area contributed by atoms with Crippen molar-refractivity contribution in [3.63, 3.8) is 0 Å². The second-order valence-electron chi connectivity index (χ2n) is 4.73. The molecular weight excluding hydrogens is 200 g/mol. The molecule has 0 radical (unpaired) electrons. The fraction of sp³-hybridized carbons (Fsp3) is 0.571. The Morgan fingerprint density at radius 1 is 1.00 bits per heavy atom. The summed E-state index contributed by atoms with van der Waals surface area (Å²) >= 11 is 2.03. The van der Waals surface area contributed by atoms with Crippen molar-refractivity contribution in [1.29, 1.82) is 0 Å². The lowest BCUT2D eigenvalue weighted by atomic mass is 9.99. The van der Waals surface area contributed by atoms with Gasteiger partial charge in [-0.05, 0) is 28.7 Å². The van der Waals surface area contributed by atoms with Gasteiger partial charge in [0.1, 0.15) is 0 Å². The first kappa shape index (κ1) is 12.6. The van der Waals surface area contributed by atoms with E-state index in [0.717, 1.165) is 16.9 Å². The van der Waals surface area contributed by atoms with Crippen molar-refractivity contribution in [2.75, 3.05) is 0 Å². The molecule has 0 aliphatic carbocycles.